The van der Waals surface area contributed by atoms with Gasteiger partial charge in [0.15, 0.2) is 0 Å². The molecule has 1 spiro atoms. The van der Waals surface area contributed by atoms with Gasteiger partial charge in [0.1, 0.15) is 29.6 Å². The van der Waals surface area contributed by atoms with Crippen LogP contribution >= 0.6 is 0 Å². The van der Waals surface area contributed by atoms with Crippen LogP contribution in [0.15, 0.2) is 36.4 Å². The van der Waals surface area contributed by atoms with E-state index in [0.717, 1.165) is 28.9 Å². The first-order chi connectivity index (χ1) is 13.1. The molecule has 0 aromatic heterocycles. The minimum Gasteiger partial charge on any atom is -0.493 e. The molecular weight excluding hydrogens is 346 g/mol. The molecule has 0 saturated heterocycles. The van der Waals surface area contributed by atoms with Gasteiger partial charge in [0.05, 0.1) is 6.61 Å². The van der Waals surface area contributed by atoms with Crippen molar-refractivity contribution in [3.63, 3.8) is 0 Å². The van der Waals surface area contributed by atoms with E-state index in [2.05, 4.69) is 0 Å². The number of carbonyl (C=O) groups is 2. The zero-order chi connectivity index (χ0) is 18.8. The van der Waals surface area contributed by atoms with E-state index in [4.69, 9.17) is 9.47 Å². The van der Waals surface area contributed by atoms with E-state index in [1.165, 1.54) is 4.90 Å². The molecule has 27 heavy (non-hydrogen) atoms. The average molecular weight is 365 g/mol. The molecule has 0 saturated carbocycles. The maximum Gasteiger partial charge on any atom is 0.326 e. The fourth-order valence-corrected chi connectivity index (χ4v) is 4.58. The number of fused-ring (bicyclic) bond motifs is 5. The highest BCUT2D eigenvalue weighted by Crippen LogP contribution is 2.54. The lowest BCUT2D eigenvalue weighted by Gasteiger charge is -2.27. The van der Waals surface area contributed by atoms with Gasteiger partial charge < -0.3 is 14.6 Å². The molecule has 1 amide bonds. The van der Waals surface area contributed by atoms with Crippen LogP contribution in [-0.4, -0.2) is 36.2 Å². The van der Waals surface area contributed by atoms with Crippen LogP contribution in [0.2, 0.25) is 0 Å². The Bertz CT molecular complexity index is 985. The number of benzene rings is 2. The SMILES string of the molecule is CCC(C(=O)O)N1C(=O)C2(COc3cc4c(cc32)CCO4)c2ccccc21. The molecule has 3 aliphatic heterocycles. The van der Waals surface area contributed by atoms with Crippen molar-refractivity contribution in [2.24, 2.45) is 0 Å². The summed E-state index contributed by atoms with van der Waals surface area (Å²) in [6.07, 6.45) is 1.13. The highest BCUT2D eigenvalue weighted by atomic mass is 16.5. The summed E-state index contributed by atoms with van der Waals surface area (Å²) in [4.78, 5) is 27.0. The van der Waals surface area contributed by atoms with Crippen LogP contribution in [0.1, 0.15) is 30.0 Å². The van der Waals surface area contributed by atoms with Crippen molar-refractivity contribution in [3.8, 4) is 11.5 Å². The van der Waals surface area contributed by atoms with Gasteiger partial charge in [0.25, 0.3) is 0 Å². The number of aliphatic carboxylic acids is 1. The molecule has 5 rings (SSSR count). The standard InChI is InChI=1S/C21H19NO5/c1-2-15(19(23)24)22-16-6-4-3-5-13(16)21(20(22)25)11-27-18-10-17-12(7-8-26-17)9-14(18)21/h3-6,9-10,15H,2,7-8,11H2,1H3,(H,23,24). The molecule has 6 nitrogen and oxygen atoms in total. The van der Waals surface area contributed by atoms with Gasteiger partial charge in [-0.3, -0.25) is 9.69 Å². The summed E-state index contributed by atoms with van der Waals surface area (Å²) >= 11 is 0. The summed E-state index contributed by atoms with van der Waals surface area (Å²) in [5.74, 6) is 0.220. The van der Waals surface area contributed by atoms with Gasteiger partial charge in [-0.1, -0.05) is 25.1 Å². The smallest absolute Gasteiger partial charge is 0.326 e. The first-order valence-corrected chi connectivity index (χ1v) is 9.17. The van der Waals surface area contributed by atoms with E-state index in [1.807, 2.05) is 36.4 Å². The van der Waals surface area contributed by atoms with Gasteiger partial charge in [-0.05, 0) is 29.7 Å². The number of nitrogens with zero attached hydrogens (tertiary/aromatic N) is 1. The third kappa shape index (κ3) is 1.95. The zero-order valence-electron chi connectivity index (χ0n) is 14.9. The number of anilines is 1. The molecule has 3 aliphatic rings. The summed E-state index contributed by atoms with van der Waals surface area (Å²) in [5.41, 5.74) is 2.35. The second-order valence-electron chi connectivity index (χ2n) is 7.20. The largest absolute Gasteiger partial charge is 0.493 e. The van der Waals surface area contributed by atoms with Gasteiger partial charge in [0, 0.05) is 23.7 Å². The van der Waals surface area contributed by atoms with Crippen molar-refractivity contribution in [1.82, 2.24) is 0 Å². The lowest BCUT2D eigenvalue weighted by atomic mass is 9.76. The summed E-state index contributed by atoms with van der Waals surface area (Å²) < 4.78 is 11.6. The number of carboxylic acid groups (broad SMARTS) is 1. The second-order valence-corrected chi connectivity index (χ2v) is 7.20. The Morgan fingerprint density at radius 3 is 2.81 bits per heavy atom. The van der Waals surface area contributed by atoms with Gasteiger partial charge >= 0.3 is 5.97 Å². The Morgan fingerprint density at radius 2 is 2.04 bits per heavy atom. The number of ether oxygens (including phenoxy) is 2. The maximum absolute atomic E-state index is 13.7. The van der Waals surface area contributed by atoms with E-state index in [0.29, 0.717) is 24.5 Å². The van der Waals surface area contributed by atoms with E-state index >= 15 is 0 Å². The van der Waals surface area contributed by atoms with Gasteiger partial charge in [-0.15, -0.1) is 0 Å². The summed E-state index contributed by atoms with van der Waals surface area (Å²) in [5, 5.41) is 9.69. The van der Waals surface area contributed by atoms with Crippen molar-refractivity contribution in [2.75, 3.05) is 18.1 Å². The van der Waals surface area contributed by atoms with Crippen molar-refractivity contribution < 1.29 is 24.2 Å². The van der Waals surface area contributed by atoms with Crippen molar-refractivity contribution in [2.45, 2.75) is 31.2 Å². The van der Waals surface area contributed by atoms with Crippen LogP contribution in [0.5, 0.6) is 11.5 Å². The van der Waals surface area contributed by atoms with Gasteiger partial charge in [-0.2, -0.15) is 0 Å². The third-order valence-corrected chi connectivity index (χ3v) is 5.89. The predicted octanol–water partition coefficient (Wildman–Crippen LogP) is 2.51. The topological polar surface area (TPSA) is 76.1 Å². The molecule has 1 N–H and O–H groups in total. The third-order valence-electron chi connectivity index (χ3n) is 5.89. The molecule has 2 unspecified atom stereocenters. The molecule has 6 heteroatoms. The van der Waals surface area contributed by atoms with Crippen LogP contribution in [-0.2, 0) is 21.4 Å². The normalized spacial score (nSPS) is 22.9. The summed E-state index contributed by atoms with van der Waals surface area (Å²) in [6.45, 7) is 2.58. The molecule has 0 bridgehead atoms. The van der Waals surface area contributed by atoms with Crippen LogP contribution in [0.3, 0.4) is 0 Å². The lowest BCUT2D eigenvalue weighted by molar-refractivity contribution is -0.140. The van der Waals surface area contributed by atoms with E-state index < -0.39 is 17.4 Å². The Labute approximate surface area is 156 Å². The van der Waals surface area contributed by atoms with Gasteiger partial charge in [0.2, 0.25) is 5.91 Å². The molecule has 0 radical (unpaired) electrons. The fourth-order valence-electron chi connectivity index (χ4n) is 4.58. The Balaban J connectivity index is 1.74. The lowest BCUT2D eigenvalue weighted by Crippen LogP contribution is -2.49. The van der Waals surface area contributed by atoms with Crippen LogP contribution in [0.4, 0.5) is 5.69 Å². The predicted molar refractivity (Wildman–Crippen MR) is 97.6 cm³/mol. The highest BCUT2D eigenvalue weighted by Gasteiger charge is 2.58. The number of hydrogen-bond donors (Lipinski definition) is 1. The maximum atomic E-state index is 13.7. The number of carbonyl (C=O) groups excluding carboxylic acids is 1. The molecule has 2 atom stereocenters. The Morgan fingerprint density at radius 1 is 1.22 bits per heavy atom. The number of para-hydroxylation sites is 1. The Kier molecular flexibility index (Phi) is 3.29. The number of hydrogen-bond acceptors (Lipinski definition) is 4. The first kappa shape index (κ1) is 16.2. The molecule has 138 valence electrons. The second kappa shape index (κ2) is 5.49. The number of rotatable bonds is 3. The van der Waals surface area contributed by atoms with Crippen LogP contribution in [0.25, 0.3) is 0 Å². The molecule has 2 aromatic rings. The minimum absolute atomic E-state index is 0.174. The molecule has 2 aromatic carbocycles. The Hall–Kier alpha value is -3.02. The molecule has 0 aliphatic carbocycles. The molecular formula is C21H19NO5. The van der Waals surface area contributed by atoms with Crippen molar-refractivity contribution in [3.05, 3.63) is 53.1 Å². The fraction of sp³-hybridized carbons (Fsp3) is 0.333. The van der Waals surface area contributed by atoms with Crippen molar-refractivity contribution >= 4 is 17.6 Å². The van der Waals surface area contributed by atoms with E-state index in [-0.39, 0.29) is 12.5 Å². The molecule has 3 heterocycles. The number of amides is 1. The molecule has 0 fully saturated rings. The van der Waals surface area contributed by atoms with Crippen LogP contribution < -0.4 is 14.4 Å². The zero-order valence-corrected chi connectivity index (χ0v) is 14.9. The average Bonchev–Trinajstić information content (AvgIpc) is 3.33. The van der Waals surface area contributed by atoms with E-state index in [9.17, 15) is 14.7 Å². The first-order valence-electron chi connectivity index (χ1n) is 9.17. The highest BCUT2D eigenvalue weighted by molar-refractivity contribution is 6.14. The van der Waals surface area contributed by atoms with E-state index in [1.54, 1.807) is 6.92 Å². The van der Waals surface area contributed by atoms with Crippen LogP contribution in [0, 0.1) is 0 Å². The van der Waals surface area contributed by atoms with Gasteiger partial charge in [-0.25, -0.2) is 4.79 Å². The summed E-state index contributed by atoms with van der Waals surface area (Å²) in [6, 6.07) is 10.4. The quantitative estimate of drug-likeness (QED) is 0.905. The number of carboxylic acids is 1. The summed E-state index contributed by atoms with van der Waals surface area (Å²) in [7, 11) is 0. The van der Waals surface area contributed by atoms with Crippen molar-refractivity contribution in [1.29, 1.82) is 0 Å². The minimum atomic E-state index is -1.00. The monoisotopic (exact) mass is 365 g/mol.